The molecule has 1 aromatic heterocycles. The molecule has 0 aliphatic rings. The minimum atomic E-state index is -0.316. The van der Waals surface area contributed by atoms with Crippen molar-refractivity contribution >= 4 is 15.9 Å². The van der Waals surface area contributed by atoms with E-state index < -0.39 is 0 Å². The van der Waals surface area contributed by atoms with Crippen molar-refractivity contribution in [3.8, 4) is 0 Å². The number of hydrogen-bond acceptors (Lipinski definition) is 2. The van der Waals surface area contributed by atoms with Gasteiger partial charge in [0.05, 0.1) is 5.69 Å². The smallest absolute Gasteiger partial charge is 0.104 e. The van der Waals surface area contributed by atoms with Gasteiger partial charge in [-0.25, -0.2) is 0 Å². The lowest BCUT2D eigenvalue weighted by molar-refractivity contribution is 0.0154. The van der Waals surface area contributed by atoms with Crippen LogP contribution in [0.4, 0.5) is 0 Å². The molecule has 0 fully saturated rings. The number of ether oxygens (including phenoxy) is 1. The summed E-state index contributed by atoms with van der Waals surface area (Å²) in [5.74, 6) is 0. The van der Waals surface area contributed by atoms with Crippen LogP contribution in [0.5, 0.6) is 0 Å². The molecule has 0 unspecified atom stereocenters. The number of halogens is 1. The molecule has 0 amide bonds. The Morgan fingerprint density at radius 1 is 1.50 bits per heavy atom. The fourth-order valence-corrected chi connectivity index (χ4v) is 1.17. The Bertz CT molecular complexity index is 273. The van der Waals surface area contributed by atoms with E-state index in [1.807, 2.05) is 26.0 Å². The highest BCUT2D eigenvalue weighted by Gasteiger charge is 2.20. The summed E-state index contributed by atoms with van der Waals surface area (Å²) >= 11 is 3.39. The number of hydrogen-bond donors (Lipinski definition) is 0. The molecule has 0 atom stereocenters. The average molecular weight is 230 g/mol. The molecule has 3 heteroatoms. The van der Waals surface area contributed by atoms with Crippen molar-refractivity contribution in [1.29, 1.82) is 0 Å². The molecule has 0 saturated heterocycles. The molecule has 0 spiro atoms. The number of pyridine rings is 1. The third kappa shape index (κ3) is 2.05. The summed E-state index contributed by atoms with van der Waals surface area (Å²) in [4.78, 5) is 4.23. The molecule has 0 saturated carbocycles. The monoisotopic (exact) mass is 229 g/mol. The van der Waals surface area contributed by atoms with Crippen LogP contribution in [0.25, 0.3) is 0 Å². The highest BCUT2D eigenvalue weighted by Crippen LogP contribution is 2.23. The van der Waals surface area contributed by atoms with E-state index in [-0.39, 0.29) is 5.60 Å². The summed E-state index contributed by atoms with van der Waals surface area (Å²) in [7, 11) is 1.68. The normalized spacial score (nSPS) is 11.7. The fourth-order valence-electron chi connectivity index (χ4n) is 0.839. The topological polar surface area (TPSA) is 22.1 Å². The van der Waals surface area contributed by atoms with Gasteiger partial charge < -0.3 is 4.74 Å². The van der Waals surface area contributed by atoms with Crippen LogP contribution in [0, 0.1) is 0 Å². The molecule has 2 nitrogen and oxygen atoms in total. The van der Waals surface area contributed by atoms with Crippen LogP contribution in [0.1, 0.15) is 19.5 Å². The molecule has 12 heavy (non-hydrogen) atoms. The van der Waals surface area contributed by atoms with Crippen molar-refractivity contribution < 1.29 is 4.74 Å². The van der Waals surface area contributed by atoms with Crippen LogP contribution in [0.2, 0.25) is 0 Å². The van der Waals surface area contributed by atoms with Gasteiger partial charge in [-0.1, -0.05) is 15.9 Å². The van der Waals surface area contributed by atoms with Crippen LogP contribution < -0.4 is 0 Å². The fraction of sp³-hybridized carbons (Fsp3) is 0.444. The summed E-state index contributed by atoms with van der Waals surface area (Å²) < 4.78 is 6.32. The maximum atomic E-state index is 5.30. The van der Waals surface area contributed by atoms with Gasteiger partial charge in [-0.05, 0) is 26.0 Å². The predicted octanol–water partition coefficient (Wildman–Crippen LogP) is 2.73. The largest absolute Gasteiger partial charge is 0.373 e. The first-order valence-electron chi connectivity index (χ1n) is 3.73. The molecule has 0 N–H and O–H groups in total. The number of rotatable bonds is 2. The average Bonchev–Trinajstić information content (AvgIpc) is 2.05. The van der Waals surface area contributed by atoms with Gasteiger partial charge in [-0.15, -0.1) is 0 Å². The zero-order chi connectivity index (χ0) is 9.19. The Morgan fingerprint density at radius 2 is 2.17 bits per heavy atom. The van der Waals surface area contributed by atoms with Gasteiger partial charge in [0.15, 0.2) is 0 Å². The van der Waals surface area contributed by atoms with Gasteiger partial charge in [-0.3, -0.25) is 4.98 Å². The molecule has 0 aliphatic heterocycles. The SMILES string of the molecule is COC(C)(C)c1cc(Br)ccn1. The maximum Gasteiger partial charge on any atom is 0.104 e. The highest BCUT2D eigenvalue weighted by atomic mass is 79.9. The molecule has 0 aromatic carbocycles. The van der Waals surface area contributed by atoms with Crippen molar-refractivity contribution in [1.82, 2.24) is 4.98 Å². The second kappa shape index (κ2) is 3.54. The van der Waals surface area contributed by atoms with Gasteiger partial charge >= 0.3 is 0 Å². The third-order valence-corrected chi connectivity index (χ3v) is 2.34. The molecule has 66 valence electrons. The van der Waals surface area contributed by atoms with Gasteiger partial charge in [0.2, 0.25) is 0 Å². The number of nitrogens with zero attached hydrogens (tertiary/aromatic N) is 1. The molecule has 1 heterocycles. The summed E-state index contributed by atoms with van der Waals surface area (Å²) in [6, 6.07) is 3.86. The molecule has 1 rings (SSSR count). The van der Waals surface area contributed by atoms with E-state index in [0.717, 1.165) is 10.2 Å². The first-order chi connectivity index (χ1) is 5.56. The zero-order valence-corrected chi connectivity index (χ0v) is 9.05. The lowest BCUT2D eigenvalue weighted by Gasteiger charge is -2.21. The minimum absolute atomic E-state index is 0.316. The van der Waals surface area contributed by atoms with Crippen molar-refractivity contribution in [2.24, 2.45) is 0 Å². The molecule has 1 aromatic rings. The van der Waals surface area contributed by atoms with E-state index in [2.05, 4.69) is 20.9 Å². The van der Waals surface area contributed by atoms with Crippen LogP contribution in [0.3, 0.4) is 0 Å². The van der Waals surface area contributed by atoms with Gasteiger partial charge in [0, 0.05) is 17.8 Å². The molecule has 0 aliphatic carbocycles. The standard InChI is InChI=1S/C9H12BrNO/c1-9(2,12-3)8-6-7(10)4-5-11-8/h4-6H,1-3H3. The molecule has 0 bridgehead atoms. The van der Waals surface area contributed by atoms with Gasteiger partial charge in [-0.2, -0.15) is 0 Å². The van der Waals surface area contributed by atoms with Crippen molar-refractivity contribution in [3.63, 3.8) is 0 Å². The quantitative estimate of drug-likeness (QED) is 0.779. The van der Waals surface area contributed by atoms with Crippen molar-refractivity contribution in [2.75, 3.05) is 7.11 Å². The third-order valence-electron chi connectivity index (χ3n) is 1.85. The summed E-state index contributed by atoms with van der Waals surface area (Å²) in [6.07, 6.45) is 1.76. The Morgan fingerprint density at radius 3 is 2.67 bits per heavy atom. The molecular formula is C9H12BrNO. The summed E-state index contributed by atoms with van der Waals surface area (Å²) in [5.41, 5.74) is 0.614. The maximum absolute atomic E-state index is 5.30. The summed E-state index contributed by atoms with van der Waals surface area (Å²) in [6.45, 7) is 3.98. The highest BCUT2D eigenvalue weighted by molar-refractivity contribution is 9.10. The van der Waals surface area contributed by atoms with E-state index in [1.54, 1.807) is 13.3 Å². The Hall–Kier alpha value is -0.410. The van der Waals surface area contributed by atoms with E-state index in [1.165, 1.54) is 0 Å². The lowest BCUT2D eigenvalue weighted by Crippen LogP contribution is -2.20. The first-order valence-corrected chi connectivity index (χ1v) is 4.53. The predicted molar refractivity (Wildman–Crippen MR) is 52.0 cm³/mol. The molecule has 0 radical (unpaired) electrons. The molecular weight excluding hydrogens is 218 g/mol. The van der Waals surface area contributed by atoms with E-state index in [4.69, 9.17) is 4.74 Å². The lowest BCUT2D eigenvalue weighted by atomic mass is 10.0. The zero-order valence-electron chi connectivity index (χ0n) is 7.47. The second-order valence-electron chi connectivity index (χ2n) is 3.07. The van der Waals surface area contributed by atoms with E-state index in [9.17, 15) is 0 Å². The summed E-state index contributed by atoms with van der Waals surface area (Å²) in [5, 5.41) is 0. The van der Waals surface area contributed by atoms with Crippen LogP contribution in [-0.2, 0) is 10.3 Å². The first kappa shape index (κ1) is 9.68. The van der Waals surface area contributed by atoms with Crippen LogP contribution in [-0.4, -0.2) is 12.1 Å². The van der Waals surface area contributed by atoms with Crippen molar-refractivity contribution in [2.45, 2.75) is 19.4 Å². The van der Waals surface area contributed by atoms with E-state index >= 15 is 0 Å². The van der Waals surface area contributed by atoms with Crippen molar-refractivity contribution in [3.05, 3.63) is 28.5 Å². The van der Waals surface area contributed by atoms with Crippen LogP contribution in [0.15, 0.2) is 22.8 Å². The Kier molecular flexibility index (Phi) is 2.85. The van der Waals surface area contributed by atoms with Gasteiger partial charge in [0.25, 0.3) is 0 Å². The Labute approximate surface area is 81.1 Å². The minimum Gasteiger partial charge on any atom is -0.373 e. The van der Waals surface area contributed by atoms with Gasteiger partial charge in [0.1, 0.15) is 5.60 Å². The second-order valence-corrected chi connectivity index (χ2v) is 3.99. The van der Waals surface area contributed by atoms with E-state index in [0.29, 0.717) is 0 Å². The van der Waals surface area contributed by atoms with Crippen LogP contribution >= 0.6 is 15.9 Å². The Balaban J connectivity index is 3.03. The number of aromatic nitrogens is 1. The number of methoxy groups -OCH3 is 1.